The van der Waals surface area contributed by atoms with E-state index in [-0.39, 0.29) is 18.1 Å². The van der Waals surface area contributed by atoms with Crippen molar-refractivity contribution in [2.45, 2.75) is 18.9 Å². The second kappa shape index (κ2) is 8.49. The molecule has 3 aromatic rings. The van der Waals surface area contributed by atoms with Crippen molar-refractivity contribution in [2.24, 2.45) is 7.05 Å². The summed E-state index contributed by atoms with van der Waals surface area (Å²) in [6.45, 7) is 0. The second-order valence-electron chi connectivity index (χ2n) is 6.27. The van der Waals surface area contributed by atoms with Crippen LogP contribution in [0.25, 0.3) is 0 Å². The van der Waals surface area contributed by atoms with Crippen LogP contribution in [0, 0.1) is 5.82 Å². The number of carbonyl (C=O) groups excluding carboxylic acids is 1. The fraction of sp³-hybridized carbons (Fsp3) is 0.238. The molecule has 0 bridgehead atoms. The molecule has 0 spiro atoms. The molecule has 5 nitrogen and oxygen atoms in total. The van der Waals surface area contributed by atoms with Crippen LogP contribution >= 0.6 is 0 Å². The largest absolute Gasteiger partial charge is 0.496 e. The van der Waals surface area contributed by atoms with Gasteiger partial charge in [-0.15, -0.1) is 0 Å². The molecule has 1 atom stereocenters. The van der Waals surface area contributed by atoms with E-state index in [4.69, 9.17) is 4.74 Å². The van der Waals surface area contributed by atoms with Crippen molar-refractivity contribution in [2.75, 3.05) is 7.11 Å². The lowest BCUT2D eigenvalue weighted by Crippen LogP contribution is -2.31. The maximum atomic E-state index is 13.3. The molecule has 0 aliphatic rings. The summed E-state index contributed by atoms with van der Waals surface area (Å²) in [4.78, 5) is 17.0. The van der Waals surface area contributed by atoms with Gasteiger partial charge >= 0.3 is 0 Å². The van der Waals surface area contributed by atoms with Gasteiger partial charge in [0.1, 0.15) is 23.4 Å². The van der Waals surface area contributed by atoms with Crippen LogP contribution in [0.3, 0.4) is 0 Å². The lowest BCUT2D eigenvalue weighted by Gasteiger charge is -2.21. The maximum Gasteiger partial charge on any atom is 0.221 e. The zero-order chi connectivity index (χ0) is 19.2. The number of ether oxygens (including phenoxy) is 1. The van der Waals surface area contributed by atoms with E-state index in [2.05, 4.69) is 10.3 Å². The van der Waals surface area contributed by atoms with Gasteiger partial charge < -0.3 is 14.6 Å². The summed E-state index contributed by atoms with van der Waals surface area (Å²) in [6, 6.07) is 13.4. The van der Waals surface area contributed by atoms with Gasteiger partial charge in [-0.3, -0.25) is 4.79 Å². The number of para-hydroxylation sites is 1. The summed E-state index contributed by atoms with van der Waals surface area (Å²) in [6.07, 6.45) is 4.23. The number of methoxy groups -OCH3 is 1. The Kier molecular flexibility index (Phi) is 5.86. The van der Waals surface area contributed by atoms with Crippen molar-refractivity contribution in [3.8, 4) is 5.75 Å². The van der Waals surface area contributed by atoms with Crippen LogP contribution in [-0.4, -0.2) is 22.6 Å². The van der Waals surface area contributed by atoms with Crippen LogP contribution in [0.15, 0.2) is 60.9 Å². The Morgan fingerprint density at radius 3 is 2.78 bits per heavy atom. The molecule has 1 amide bonds. The average molecular weight is 367 g/mol. The number of rotatable bonds is 7. The molecule has 1 aromatic heterocycles. The topological polar surface area (TPSA) is 56.1 Å². The van der Waals surface area contributed by atoms with Gasteiger partial charge in [0, 0.05) is 31.4 Å². The van der Waals surface area contributed by atoms with Crippen LogP contribution in [0.2, 0.25) is 0 Å². The zero-order valence-corrected chi connectivity index (χ0v) is 15.4. The normalized spacial score (nSPS) is 11.8. The third-order valence-corrected chi connectivity index (χ3v) is 4.40. The smallest absolute Gasteiger partial charge is 0.221 e. The summed E-state index contributed by atoms with van der Waals surface area (Å²) in [5, 5.41) is 3.04. The molecular formula is C21H22FN3O2. The number of halogens is 1. The van der Waals surface area contributed by atoms with Crippen molar-refractivity contribution >= 4 is 5.91 Å². The molecule has 140 valence electrons. The molecule has 1 N–H and O–H groups in total. The van der Waals surface area contributed by atoms with Gasteiger partial charge in [0.15, 0.2) is 0 Å². The number of hydrogen-bond donors (Lipinski definition) is 1. The van der Waals surface area contributed by atoms with Gasteiger partial charge in [-0.25, -0.2) is 9.37 Å². The van der Waals surface area contributed by atoms with E-state index in [1.54, 1.807) is 19.4 Å². The van der Waals surface area contributed by atoms with E-state index in [1.807, 2.05) is 48.1 Å². The fourth-order valence-electron chi connectivity index (χ4n) is 3.03. The first-order valence-electron chi connectivity index (χ1n) is 8.72. The minimum absolute atomic E-state index is 0.141. The predicted octanol–water partition coefficient (Wildman–Crippen LogP) is 3.41. The maximum absolute atomic E-state index is 13.3. The number of nitrogens with one attached hydrogen (secondary N) is 1. The zero-order valence-electron chi connectivity index (χ0n) is 15.4. The fourth-order valence-corrected chi connectivity index (χ4v) is 3.03. The lowest BCUT2D eigenvalue weighted by atomic mass is 10.0. The molecule has 0 aliphatic carbocycles. The molecule has 2 aromatic carbocycles. The highest BCUT2D eigenvalue weighted by atomic mass is 19.1. The molecule has 0 fully saturated rings. The summed E-state index contributed by atoms with van der Waals surface area (Å²) in [7, 11) is 3.48. The van der Waals surface area contributed by atoms with E-state index >= 15 is 0 Å². The molecule has 0 saturated carbocycles. The van der Waals surface area contributed by atoms with Crippen molar-refractivity contribution in [3.05, 3.63) is 83.7 Å². The SMILES string of the molecule is COc1ccccc1C(NC(=O)CCc1cccc(F)c1)c1nccn1C. The third-order valence-electron chi connectivity index (χ3n) is 4.40. The van der Waals surface area contributed by atoms with E-state index < -0.39 is 6.04 Å². The summed E-state index contributed by atoms with van der Waals surface area (Å²) < 4.78 is 20.6. The third kappa shape index (κ3) is 4.53. The average Bonchev–Trinajstić information content (AvgIpc) is 3.10. The molecule has 1 heterocycles. The first-order chi connectivity index (χ1) is 13.1. The Labute approximate surface area is 157 Å². The molecular weight excluding hydrogens is 345 g/mol. The number of hydrogen-bond acceptors (Lipinski definition) is 3. The Morgan fingerprint density at radius 2 is 2.07 bits per heavy atom. The van der Waals surface area contributed by atoms with E-state index in [1.165, 1.54) is 12.1 Å². The minimum Gasteiger partial charge on any atom is -0.496 e. The molecule has 6 heteroatoms. The first-order valence-corrected chi connectivity index (χ1v) is 8.72. The van der Waals surface area contributed by atoms with Crippen molar-refractivity contribution in [3.63, 3.8) is 0 Å². The van der Waals surface area contributed by atoms with Gasteiger partial charge in [-0.1, -0.05) is 30.3 Å². The van der Waals surface area contributed by atoms with E-state index in [0.717, 1.165) is 11.1 Å². The summed E-state index contributed by atoms with van der Waals surface area (Å²) in [5.41, 5.74) is 1.62. The van der Waals surface area contributed by atoms with Gasteiger partial charge in [-0.05, 0) is 30.2 Å². The number of carbonyl (C=O) groups is 1. The monoisotopic (exact) mass is 367 g/mol. The Morgan fingerprint density at radius 1 is 1.26 bits per heavy atom. The van der Waals surface area contributed by atoms with Gasteiger partial charge in [-0.2, -0.15) is 0 Å². The van der Waals surface area contributed by atoms with Gasteiger partial charge in [0.2, 0.25) is 5.91 Å². The number of nitrogens with zero attached hydrogens (tertiary/aromatic N) is 2. The van der Waals surface area contributed by atoms with Crippen molar-refractivity contribution < 1.29 is 13.9 Å². The lowest BCUT2D eigenvalue weighted by molar-refractivity contribution is -0.121. The summed E-state index contributed by atoms with van der Waals surface area (Å²) in [5.74, 6) is 0.945. The number of imidazole rings is 1. The number of amides is 1. The Balaban J connectivity index is 1.79. The van der Waals surface area contributed by atoms with Crippen molar-refractivity contribution in [1.82, 2.24) is 14.9 Å². The number of aryl methyl sites for hydroxylation is 2. The second-order valence-corrected chi connectivity index (χ2v) is 6.27. The number of benzene rings is 2. The van der Waals surface area contributed by atoms with Crippen molar-refractivity contribution in [1.29, 1.82) is 0 Å². The first kappa shape index (κ1) is 18.6. The molecule has 27 heavy (non-hydrogen) atoms. The highest BCUT2D eigenvalue weighted by Crippen LogP contribution is 2.29. The minimum atomic E-state index is -0.443. The Bertz CT molecular complexity index is 923. The van der Waals surface area contributed by atoms with E-state index in [9.17, 15) is 9.18 Å². The van der Waals surface area contributed by atoms with Crippen LogP contribution in [-0.2, 0) is 18.3 Å². The predicted molar refractivity (Wildman–Crippen MR) is 101 cm³/mol. The molecule has 0 aliphatic heterocycles. The Hall–Kier alpha value is -3.15. The molecule has 0 radical (unpaired) electrons. The quantitative estimate of drug-likeness (QED) is 0.696. The highest BCUT2D eigenvalue weighted by Gasteiger charge is 2.23. The highest BCUT2D eigenvalue weighted by molar-refractivity contribution is 5.77. The summed E-state index contributed by atoms with van der Waals surface area (Å²) >= 11 is 0. The van der Waals surface area contributed by atoms with Crippen LogP contribution in [0.5, 0.6) is 5.75 Å². The standard InChI is InChI=1S/C21H22FN3O2/c1-25-13-12-23-21(25)20(17-8-3-4-9-18(17)27-2)24-19(26)11-10-15-6-5-7-16(22)14-15/h3-9,12-14,20H,10-11H2,1-2H3,(H,24,26). The molecule has 0 saturated heterocycles. The van der Waals surface area contributed by atoms with Crippen LogP contribution in [0.4, 0.5) is 4.39 Å². The molecule has 1 unspecified atom stereocenters. The van der Waals surface area contributed by atoms with Gasteiger partial charge in [0.25, 0.3) is 0 Å². The van der Waals surface area contributed by atoms with Crippen LogP contribution < -0.4 is 10.1 Å². The van der Waals surface area contributed by atoms with Crippen LogP contribution in [0.1, 0.15) is 29.4 Å². The number of aromatic nitrogens is 2. The van der Waals surface area contributed by atoms with Gasteiger partial charge in [0.05, 0.1) is 7.11 Å². The van der Waals surface area contributed by atoms with E-state index in [0.29, 0.717) is 18.0 Å². The molecule has 3 rings (SSSR count).